The first-order chi connectivity index (χ1) is 41.2. The van der Waals surface area contributed by atoms with E-state index < -0.39 is 0 Å². The van der Waals surface area contributed by atoms with Crippen molar-refractivity contribution in [2.24, 2.45) is 0 Å². The van der Waals surface area contributed by atoms with Crippen LogP contribution in [0.4, 0.5) is 0 Å². The molecule has 0 unspecified atom stereocenters. The zero-order valence-corrected chi connectivity index (χ0v) is 44.7. The standard InChI is InChI=1S/C78H43BN4/c1-3-22-50-46(18-1)48-20-5-7-28-56(48)72-58(50)37-39-69-74(72)61-41-45(81-66-32-15-11-26-54(66)55-27-12-16-33-67(55)81)42-62-77(61)83(69)71-35-17-34-70-76(71)79(62)63-43-59-51-23-4-2-19-47(51)49-21-6-8-29-57(49)73(59)75-60-40-44(36-38-68(60)82(70)78(63)75)80-64-30-13-9-24-52(64)53-25-10-14-31-65(53)80/h1-43H. The molecule has 15 aromatic carbocycles. The molecule has 4 nitrogen and oxygen atoms in total. The number of para-hydroxylation sites is 4. The van der Waals surface area contributed by atoms with Gasteiger partial charge in [0.05, 0.1) is 38.6 Å². The summed E-state index contributed by atoms with van der Waals surface area (Å²) in [4.78, 5) is 0. The Kier molecular flexibility index (Phi) is 7.83. The second-order valence-electron chi connectivity index (χ2n) is 23.4. The van der Waals surface area contributed by atoms with Gasteiger partial charge < -0.3 is 18.3 Å². The van der Waals surface area contributed by atoms with Gasteiger partial charge in [-0.1, -0.05) is 188 Å². The minimum Gasteiger partial charge on any atom is -0.310 e. The second-order valence-corrected chi connectivity index (χ2v) is 23.4. The normalized spacial score (nSPS) is 13.0. The van der Waals surface area contributed by atoms with Crippen LogP contribution in [0.5, 0.6) is 0 Å². The molecule has 0 radical (unpaired) electrons. The van der Waals surface area contributed by atoms with Crippen molar-refractivity contribution in [2.45, 2.75) is 0 Å². The highest BCUT2D eigenvalue weighted by atomic mass is 15.0. The molecule has 0 spiro atoms. The molecule has 0 aliphatic carbocycles. The monoisotopic (exact) mass is 1050 g/mol. The maximum Gasteiger partial charge on any atom is 0.252 e. The summed E-state index contributed by atoms with van der Waals surface area (Å²) in [6.45, 7) is -0.122. The van der Waals surface area contributed by atoms with Gasteiger partial charge in [0.1, 0.15) is 0 Å². The van der Waals surface area contributed by atoms with Gasteiger partial charge in [-0.15, -0.1) is 0 Å². The molecule has 378 valence electrons. The summed E-state index contributed by atoms with van der Waals surface area (Å²) in [6, 6.07) is 99.3. The van der Waals surface area contributed by atoms with Crippen molar-refractivity contribution in [1.29, 1.82) is 0 Å². The fourth-order valence-corrected chi connectivity index (χ4v) is 16.6. The van der Waals surface area contributed by atoms with E-state index in [9.17, 15) is 0 Å². The van der Waals surface area contributed by atoms with E-state index in [4.69, 9.17) is 0 Å². The summed E-state index contributed by atoms with van der Waals surface area (Å²) in [5.41, 5.74) is 18.6. The van der Waals surface area contributed by atoms with Gasteiger partial charge in [-0.25, -0.2) is 0 Å². The van der Waals surface area contributed by atoms with Gasteiger partial charge in [0, 0.05) is 82.1 Å². The first-order valence-electron chi connectivity index (χ1n) is 29.0. The van der Waals surface area contributed by atoms with Crippen molar-refractivity contribution in [3.8, 4) is 22.7 Å². The number of rotatable bonds is 2. The topological polar surface area (TPSA) is 19.7 Å². The first-order valence-corrected chi connectivity index (χ1v) is 29.0. The predicted octanol–water partition coefficient (Wildman–Crippen LogP) is 18.1. The lowest BCUT2D eigenvalue weighted by Gasteiger charge is -2.34. The number of nitrogens with zero attached hydrogens (tertiary/aromatic N) is 4. The Labute approximate surface area is 474 Å². The molecule has 0 N–H and O–H groups in total. The molecule has 4 aromatic heterocycles. The Bertz CT molecular complexity index is 6120. The van der Waals surface area contributed by atoms with Crippen molar-refractivity contribution >= 4 is 175 Å². The quantitative estimate of drug-likeness (QED) is 0.121. The number of aromatic nitrogens is 4. The van der Waals surface area contributed by atoms with E-state index in [1.54, 1.807) is 0 Å². The van der Waals surface area contributed by atoms with Crippen molar-refractivity contribution in [3.63, 3.8) is 0 Å². The van der Waals surface area contributed by atoms with E-state index in [2.05, 4.69) is 279 Å². The van der Waals surface area contributed by atoms with Gasteiger partial charge in [-0.05, 0) is 143 Å². The number of benzene rings is 15. The van der Waals surface area contributed by atoms with Crippen LogP contribution < -0.4 is 16.4 Å². The molecule has 0 fully saturated rings. The smallest absolute Gasteiger partial charge is 0.252 e. The van der Waals surface area contributed by atoms with Crippen molar-refractivity contribution in [2.75, 3.05) is 0 Å². The Hall–Kier alpha value is -10.9. The maximum absolute atomic E-state index is 2.66. The third kappa shape index (κ3) is 5.14. The lowest BCUT2D eigenvalue weighted by Crippen LogP contribution is -2.59. The number of hydrogen-bond acceptors (Lipinski definition) is 0. The van der Waals surface area contributed by atoms with Crippen LogP contribution in [0.2, 0.25) is 0 Å². The fraction of sp³-hybridized carbons (Fsp3) is 0. The van der Waals surface area contributed by atoms with Gasteiger partial charge in [0.15, 0.2) is 0 Å². The molecular weight excluding hydrogens is 1000 g/mol. The van der Waals surface area contributed by atoms with Crippen LogP contribution in [0.1, 0.15) is 0 Å². The van der Waals surface area contributed by atoms with Crippen molar-refractivity contribution in [1.82, 2.24) is 18.3 Å². The zero-order chi connectivity index (χ0) is 53.5. The SMILES string of the molecule is c1cc2c3c(c1)-n1c4ccc(-n5c6ccccc6c6ccccc65)cc4c4c5c6ccccc6c6ccccc6c5cc(c41)B3c1cc(-n3c4ccccc4c4ccccc43)cc3c4c5c6ccccc6c6ccccc6c5ccc4n-2c13. The largest absolute Gasteiger partial charge is 0.310 e. The predicted molar refractivity (Wildman–Crippen MR) is 353 cm³/mol. The molecule has 83 heavy (non-hydrogen) atoms. The van der Waals surface area contributed by atoms with Crippen molar-refractivity contribution < 1.29 is 0 Å². The lowest BCUT2D eigenvalue weighted by molar-refractivity contribution is 1.14. The lowest BCUT2D eigenvalue weighted by atomic mass is 9.34. The van der Waals surface area contributed by atoms with Crippen LogP contribution in [0.25, 0.3) is 175 Å². The van der Waals surface area contributed by atoms with E-state index in [1.807, 2.05) is 0 Å². The zero-order valence-electron chi connectivity index (χ0n) is 44.7. The maximum atomic E-state index is 2.66. The summed E-state index contributed by atoms with van der Waals surface area (Å²) in [7, 11) is 0. The van der Waals surface area contributed by atoms with Gasteiger partial charge in [-0.2, -0.15) is 0 Å². The fourth-order valence-electron chi connectivity index (χ4n) is 16.6. The van der Waals surface area contributed by atoms with Gasteiger partial charge in [-0.3, -0.25) is 0 Å². The van der Waals surface area contributed by atoms with E-state index >= 15 is 0 Å². The van der Waals surface area contributed by atoms with Crippen LogP contribution in [0.15, 0.2) is 261 Å². The van der Waals surface area contributed by atoms with Crippen LogP contribution in [-0.2, 0) is 0 Å². The Balaban J connectivity index is 0.982. The molecule has 0 amide bonds. The van der Waals surface area contributed by atoms with Gasteiger partial charge >= 0.3 is 0 Å². The molecule has 6 heterocycles. The molecule has 0 atom stereocenters. The Morgan fingerprint density at radius 2 is 0.590 bits per heavy atom. The molecule has 0 saturated carbocycles. The number of fused-ring (bicyclic) bond motifs is 30. The van der Waals surface area contributed by atoms with Crippen LogP contribution in [-0.4, -0.2) is 25.0 Å². The molecule has 2 aliphatic heterocycles. The molecule has 19 aromatic rings. The third-order valence-corrected chi connectivity index (χ3v) is 19.6. The average Bonchev–Trinajstić information content (AvgIpc) is 2.45. The van der Waals surface area contributed by atoms with Crippen LogP contribution >= 0.6 is 0 Å². The van der Waals surface area contributed by atoms with Crippen molar-refractivity contribution in [3.05, 3.63) is 261 Å². The summed E-state index contributed by atoms with van der Waals surface area (Å²) in [6.07, 6.45) is 0. The Morgan fingerprint density at radius 1 is 0.205 bits per heavy atom. The van der Waals surface area contributed by atoms with Gasteiger partial charge in [0.25, 0.3) is 6.71 Å². The minimum absolute atomic E-state index is 0.122. The summed E-state index contributed by atoms with van der Waals surface area (Å²) < 4.78 is 10.4. The third-order valence-electron chi connectivity index (χ3n) is 19.6. The van der Waals surface area contributed by atoms with E-state index in [0.717, 1.165) is 5.69 Å². The summed E-state index contributed by atoms with van der Waals surface area (Å²) >= 11 is 0. The van der Waals surface area contributed by atoms with E-state index in [1.165, 1.54) is 185 Å². The van der Waals surface area contributed by atoms with Crippen LogP contribution in [0, 0.1) is 0 Å². The summed E-state index contributed by atoms with van der Waals surface area (Å²) in [5, 5.41) is 25.6. The first kappa shape index (κ1) is 43.0. The summed E-state index contributed by atoms with van der Waals surface area (Å²) in [5.74, 6) is 0. The highest BCUT2D eigenvalue weighted by Gasteiger charge is 2.42. The molecule has 0 bridgehead atoms. The molecular formula is C78H43BN4. The highest BCUT2D eigenvalue weighted by molar-refractivity contribution is 7.00. The average molecular weight is 1050 g/mol. The molecule has 2 aliphatic rings. The molecule has 21 rings (SSSR count). The van der Waals surface area contributed by atoms with Crippen LogP contribution in [0.3, 0.4) is 0 Å². The second kappa shape index (κ2) is 15.1. The van der Waals surface area contributed by atoms with Gasteiger partial charge in [0.2, 0.25) is 0 Å². The van der Waals surface area contributed by atoms with E-state index in [-0.39, 0.29) is 6.71 Å². The van der Waals surface area contributed by atoms with E-state index in [0.29, 0.717) is 0 Å². The highest BCUT2D eigenvalue weighted by Crippen LogP contribution is 2.49. The molecule has 0 saturated heterocycles. The Morgan fingerprint density at radius 3 is 1.13 bits per heavy atom. The molecule has 5 heteroatoms. The minimum atomic E-state index is -0.122. The number of hydrogen-bond donors (Lipinski definition) is 0.